The van der Waals surface area contributed by atoms with Crippen LogP contribution in [0.25, 0.3) is 33.6 Å². The van der Waals surface area contributed by atoms with Crippen molar-refractivity contribution in [3.8, 4) is 28.5 Å². The largest absolute Gasteiger partial charge is 0.437 e. The van der Waals surface area contributed by atoms with Gasteiger partial charge in [-0.25, -0.2) is 4.39 Å². The number of anilines is 1. The minimum absolute atomic E-state index is 0.0585. The molecule has 0 bridgehead atoms. The molecule has 4 rings (SSSR count). The van der Waals surface area contributed by atoms with E-state index in [1.54, 1.807) is 32.0 Å². The maximum Gasteiger partial charge on any atom is 0.405 e. The average Bonchev–Trinajstić information content (AvgIpc) is 3.29. The van der Waals surface area contributed by atoms with Crippen molar-refractivity contribution in [3.05, 3.63) is 71.5 Å². The van der Waals surface area contributed by atoms with E-state index in [0.29, 0.717) is 11.1 Å². The van der Waals surface area contributed by atoms with Crippen molar-refractivity contribution in [1.29, 1.82) is 5.26 Å². The highest BCUT2D eigenvalue weighted by molar-refractivity contribution is 6.11. The minimum Gasteiger partial charge on any atom is -0.437 e. The molecule has 40 heavy (non-hydrogen) atoms. The standard InChI is InChI=1S/C29H24F4N4O3/c1-28(2,14-34)13-22(38)18-6-4-5-17(11-18)20-12-21-23(26(39)35-3)24(16-7-9-19(30)10-8-16)40-27(21)37-25(20)36-15-29(31,32)33/h4-12H,13,15H2,1-3H3,(H,35,39)(H,36,37). The molecule has 0 spiro atoms. The summed E-state index contributed by atoms with van der Waals surface area (Å²) in [6.45, 7) is 1.86. The molecule has 1 amide bonds. The Morgan fingerprint density at radius 1 is 1.05 bits per heavy atom. The Morgan fingerprint density at radius 2 is 1.75 bits per heavy atom. The summed E-state index contributed by atoms with van der Waals surface area (Å²) in [4.78, 5) is 30.1. The van der Waals surface area contributed by atoms with Crippen LogP contribution in [0.2, 0.25) is 0 Å². The van der Waals surface area contributed by atoms with Crippen molar-refractivity contribution >= 4 is 28.6 Å². The molecule has 0 unspecified atom stereocenters. The second kappa shape index (κ2) is 10.8. The van der Waals surface area contributed by atoms with E-state index < -0.39 is 29.9 Å². The molecule has 7 nitrogen and oxygen atoms in total. The number of carbonyl (C=O) groups excluding carboxylic acids is 2. The Morgan fingerprint density at radius 3 is 2.38 bits per heavy atom. The number of furan rings is 1. The third-order valence-electron chi connectivity index (χ3n) is 6.10. The van der Waals surface area contributed by atoms with Crippen LogP contribution in [0.3, 0.4) is 0 Å². The van der Waals surface area contributed by atoms with Gasteiger partial charge in [0.1, 0.15) is 23.9 Å². The van der Waals surface area contributed by atoms with Gasteiger partial charge < -0.3 is 15.1 Å². The van der Waals surface area contributed by atoms with Crippen molar-refractivity contribution in [2.45, 2.75) is 26.4 Å². The summed E-state index contributed by atoms with van der Waals surface area (Å²) in [7, 11) is 1.40. The Bertz CT molecular complexity index is 1630. The number of rotatable bonds is 8. The fourth-order valence-corrected chi connectivity index (χ4v) is 4.12. The first-order valence-corrected chi connectivity index (χ1v) is 12.1. The normalized spacial score (nSPS) is 11.8. The molecule has 2 N–H and O–H groups in total. The molecule has 2 heterocycles. The molecule has 0 saturated carbocycles. The van der Waals surface area contributed by atoms with E-state index in [1.165, 1.54) is 43.4 Å². The molecular formula is C29H24F4N4O3. The number of nitrogens with zero attached hydrogens (tertiary/aromatic N) is 2. The van der Waals surface area contributed by atoms with Gasteiger partial charge in [0.05, 0.1) is 22.4 Å². The number of nitriles is 1. The summed E-state index contributed by atoms with van der Waals surface area (Å²) in [5.74, 6) is -1.50. The van der Waals surface area contributed by atoms with E-state index in [-0.39, 0.29) is 51.6 Å². The molecule has 11 heteroatoms. The Hall–Kier alpha value is -4.72. The van der Waals surface area contributed by atoms with Gasteiger partial charge in [-0.3, -0.25) is 9.59 Å². The van der Waals surface area contributed by atoms with E-state index in [0.717, 1.165) is 0 Å². The topological polar surface area (TPSA) is 108 Å². The third-order valence-corrected chi connectivity index (χ3v) is 6.10. The lowest BCUT2D eigenvalue weighted by molar-refractivity contribution is -0.115. The van der Waals surface area contributed by atoms with Gasteiger partial charge in [-0.1, -0.05) is 18.2 Å². The van der Waals surface area contributed by atoms with Gasteiger partial charge in [-0.15, -0.1) is 0 Å². The monoisotopic (exact) mass is 552 g/mol. The second-order valence-electron chi connectivity index (χ2n) is 9.77. The van der Waals surface area contributed by atoms with E-state index >= 15 is 0 Å². The SMILES string of the molecule is CNC(=O)c1c(-c2ccc(F)cc2)oc2nc(NCC(F)(F)F)c(-c3cccc(C(=O)CC(C)(C)C#N)c3)cc12. The molecular weight excluding hydrogens is 528 g/mol. The predicted molar refractivity (Wildman–Crippen MR) is 141 cm³/mol. The maximum atomic E-state index is 13.5. The van der Waals surface area contributed by atoms with Crippen molar-refractivity contribution in [2.24, 2.45) is 5.41 Å². The van der Waals surface area contributed by atoms with Crippen molar-refractivity contribution < 1.29 is 31.6 Å². The number of amides is 1. The zero-order valence-corrected chi connectivity index (χ0v) is 21.7. The van der Waals surface area contributed by atoms with E-state index in [4.69, 9.17) is 4.42 Å². The number of carbonyl (C=O) groups is 2. The molecule has 0 aliphatic heterocycles. The number of ketones is 1. The van der Waals surface area contributed by atoms with Crippen LogP contribution in [0.5, 0.6) is 0 Å². The number of halogens is 4. The number of nitrogens with one attached hydrogen (secondary N) is 2. The van der Waals surface area contributed by atoms with Crippen LogP contribution < -0.4 is 10.6 Å². The Balaban J connectivity index is 1.92. The van der Waals surface area contributed by atoms with Gasteiger partial charge in [0.2, 0.25) is 5.71 Å². The van der Waals surface area contributed by atoms with Crippen molar-refractivity contribution in [2.75, 3.05) is 18.9 Å². The summed E-state index contributed by atoms with van der Waals surface area (Å²) >= 11 is 0. The Kier molecular flexibility index (Phi) is 7.64. The van der Waals surface area contributed by atoms with E-state index in [1.807, 2.05) is 0 Å². The fraction of sp³-hybridized carbons (Fsp3) is 0.241. The fourth-order valence-electron chi connectivity index (χ4n) is 4.12. The summed E-state index contributed by atoms with van der Waals surface area (Å²) in [5, 5.41) is 14.3. The molecule has 0 aliphatic carbocycles. The number of benzene rings is 2. The predicted octanol–water partition coefficient (Wildman–Crippen LogP) is 6.76. The number of hydrogen-bond acceptors (Lipinski definition) is 6. The molecule has 4 aromatic rings. The highest BCUT2D eigenvalue weighted by atomic mass is 19.4. The summed E-state index contributed by atoms with van der Waals surface area (Å²) in [5.41, 5.74) is 0.181. The number of alkyl halides is 3. The lowest BCUT2D eigenvalue weighted by Gasteiger charge is -2.15. The number of aromatic nitrogens is 1. The van der Waals surface area contributed by atoms with Gasteiger partial charge >= 0.3 is 6.18 Å². The lowest BCUT2D eigenvalue weighted by atomic mass is 9.86. The number of Topliss-reactive ketones (excluding diaryl/α,β-unsaturated/α-hetero) is 1. The van der Waals surface area contributed by atoms with Crippen LogP contribution >= 0.6 is 0 Å². The first-order valence-electron chi connectivity index (χ1n) is 12.1. The van der Waals surface area contributed by atoms with Gasteiger partial charge in [-0.05, 0) is 55.8 Å². The molecule has 0 saturated heterocycles. The summed E-state index contributed by atoms with van der Waals surface area (Å²) < 4.78 is 58.9. The van der Waals surface area contributed by atoms with Crippen LogP contribution in [0, 0.1) is 22.6 Å². The zero-order valence-electron chi connectivity index (χ0n) is 21.7. The average molecular weight is 553 g/mol. The number of pyridine rings is 1. The molecule has 2 aromatic carbocycles. The molecule has 0 radical (unpaired) electrons. The maximum absolute atomic E-state index is 13.5. The van der Waals surface area contributed by atoms with Gasteiger partial charge in [0.25, 0.3) is 5.91 Å². The van der Waals surface area contributed by atoms with Crippen molar-refractivity contribution in [1.82, 2.24) is 10.3 Å². The molecule has 0 atom stereocenters. The highest BCUT2D eigenvalue weighted by Crippen LogP contribution is 2.38. The van der Waals surface area contributed by atoms with Crippen LogP contribution in [0.1, 0.15) is 41.0 Å². The smallest absolute Gasteiger partial charge is 0.405 e. The van der Waals surface area contributed by atoms with Gasteiger partial charge in [0.15, 0.2) is 5.78 Å². The first-order chi connectivity index (χ1) is 18.8. The van der Waals surface area contributed by atoms with Crippen molar-refractivity contribution in [3.63, 3.8) is 0 Å². The van der Waals surface area contributed by atoms with Crippen LogP contribution in [-0.2, 0) is 0 Å². The van der Waals surface area contributed by atoms with Crippen LogP contribution in [0.15, 0.2) is 59.0 Å². The molecule has 206 valence electrons. The quantitative estimate of drug-likeness (QED) is 0.185. The van der Waals surface area contributed by atoms with Crippen LogP contribution in [0.4, 0.5) is 23.4 Å². The molecule has 0 aliphatic rings. The van der Waals surface area contributed by atoms with E-state index in [9.17, 15) is 32.4 Å². The summed E-state index contributed by atoms with van der Waals surface area (Å²) in [6, 6.07) is 14.9. The first kappa shape index (κ1) is 28.3. The number of hydrogen-bond donors (Lipinski definition) is 2. The summed E-state index contributed by atoms with van der Waals surface area (Å²) in [6.07, 6.45) is -4.63. The third kappa shape index (κ3) is 6.12. The molecule has 0 fully saturated rings. The van der Waals surface area contributed by atoms with E-state index in [2.05, 4.69) is 21.7 Å². The molecule has 2 aromatic heterocycles. The zero-order chi connectivity index (χ0) is 29.2. The van der Waals surface area contributed by atoms with Gasteiger partial charge in [-0.2, -0.15) is 23.4 Å². The lowest BCUT2D eigenvalue weighted by Crippen LogP contribution is -2.22. The highest BCUT2D eigenvalue weighted by Gasteiger charge is 2.29. The number of fused-ring (bicyclic) bond motifs is 1. The minimum atomic E-state index is -4.57. The van der Waals surface area contributed by atoms with Crippen LogP contribution in [-0.4, -0.2) is 36.4 Å². The second-order valence-corrected chi connectivity index (χ2v) is 9.77. The Labute approximate surface area is 226 Å². The van der Waals surface area contributed by atoms with Gasteiger partial charge in [0, 0.05) is 30.2 Å².